The first-order chi connectivity index (χ1) is 65.3. The molecule has 3 aliphatic carbocycles. The van der Waals surface area contributed by atoms with Crippen molar-refractivity contribution < 1.29 is 127 Å². The molecule has 764 valence electrons. The number of fused-ring (bicyclic) bond motifs is 3. The molecule has 0 aromatic heterocycles. The summed E-state index contributed by atoms with van der Waals surface area (Å²) in [5.74, 6) is -1.43. The van der Waals surface area contributed by atoms with Crippen LogP contribution in [0.15, 0.2) is 272 Å². The van der Waals surface area contributed by atoms with E-state index in [0.717, 1.165) is 84.1 Å². The van der Waals surface area contributed by atoms with Crippen molar-refractivity contribution >= 4 is 88.4 Å². The minimum atomic E-state index is -3.72. The predicted octanol–water partition coefficient (Wildman–Crippen LogP) is 15.5. The molecule has 4 fully saturated rings. The molecule has 36 heteroatoms. The summed E-state index contributed by atoms with van der Waals surface area (Å²) in [7, 11) is -0.461. The normalized spacial score (nSPS) is 17.3. The van der Waals surface area contributed by atoms with Crippen molar-refractivity contribution in [1.29, 1.82) is 0 Å². The van der Waals surface area contributed by atoms with Crippen LogP contribution >= 0.6 is 24.8 Å². The second kappa shape index (κ2) is 61.9. The molecule has 2 amide bonds. The fraction of sp³-hybridized carbons (Fsp3) is 0.365. The Bertz CT molecular complexity index is 5320. The molecule has 14 rings (SSSR count). The maximum absolute atomic E-state index is 13.1. The fourth-order valence-electron chi connectivity index (χ4n) is 13.8. The Labute approximate surface area is 848 Å². The van der Waals surface area contributed by atoms with Crippen molar-refractivity contribution in [3.05, 3.63) is 319 Å². The van der Waals surface area contributed by atoms with Gasteiger partial charge in [-0.3, -0.25) is 53.7 Å². The third-order valence-corrected chi connectivity index (χ3v) is 24.0. The molecular formula is C104H135Cl2N10O22PdS-. The Balaban J connectivity index is 0.000000443. The zero-order chi connectivity index (χ0) is 98.9. The summed E-state index contributed by atoms with van der Waals surface area (Å²) in [6.45, 7) is 24.4. The number of halogens is 2. The van der Waals surface area contributed by atoms with Gasteiger partial charge in [0.05, 0.1) is 25.5 Å². The Morgan fingerprint density at radius 1 is 0.529 bits per heavy atom. The first-order valence-electron chi connectivity index (χ1n) is 44.9. The topological polar surface area (TPSA) is 447 Å². The van der Waals surface area contributed by atoms with E-state index in [4.69, 9.17) is 69.4 Å². The molecule has 140 heavy (non-hydrogen) atoms. The number of nitrogens with two attached hydrogens (primary N) is 1. The van der Waals surface area contributed by atoms with Crippen molar-refractivity contribution in [1.82, 2.24) is 37.0 Å². The van der Waals surface area contributed by atoms with Crippen LogP contribution in [0.1, 0.15) is 153 Å². The molecule has 32 nitrogen and oxygen atoms in total. The fourth-order valence-corrected chi connectivity index (χ4v) is 15.2. The third-order valence-electron chi connectivity index (χ3n) is 22.2. The molecular weight excluding hydrogens is 1950 g/mol. The van der Waals surface area contributed by atoms with Gasteiger partial charge in [-0.1, -0.05) is 298 Å². The quantitative estimate of drug-likeness (QED) is 0.00254. The first-order valence-corrected chi connectivity index (χ1v) is 46.4. The van der Waals surface area contributed by atoms with E-state index in [1.165, 1.54) is 0 Å². The average Bonchev–Trinajstić information content (AvgIpc) is 1.57. The summed E-state index contributed by atoms with van der Waals surface area (Å²) in [6.07, 6.45) is 4.48. The average molecular weight is 2090 g/mol. The molecule has 5 aliphatic rings. The number of esters is 5. The predicted molar refractivity (Wildman–Crippen MR) is 535 cm³/mol. The van der Waals surface area contributed by atoms with Gasteiger partial charge in [0.15, 0.2) is 6.23 Å². The molecule has 9 aromatic carbocycles. The van der Waals surface area contributed by atoms with E-state index in [-0.39, 0.29) is 152 Å². The molecule has 0 spiro atoms. The van der Waals surface area contributed by atoms with Crippen LogP contribution in [-0.4, -0.2) is 162 Å². The zero-order valence-corrected chi connectivity index (χ0v) is 84.9. The molecule has 2 saturated heterocycles. The Hall–Kier alpha value is -11.5. The zero-order valence-electron chi connectivity index (χ0n) is 80.9. The standard InChI is InChI=1S/C27H28N4O5S.C20H23NO4.C20H23NO3.2C12H17NO3.C12H17NO2.CH3.2ClH.H3NO2.Pd.H2/c1-2-16-14-27(16,26(33)31-37(34,35)18-11-12-18)29-25(32)23-13-17(15-28-23)36-30-24-21-9-5-3-7-19(21)20-8-4-6-10-22(20)24;1-14(2)18(20(22)24-13-15-7-5-4-6-8-15)21-19(25-21)16-9-11-17(23-3)12-10-16;1-15(2)19(20(22)24-14-17-7-5-4-6-8-17)21-13-16-9-11-18(23-3)12-10-16;2*1-9(2)11(13-15)12(14)16-8-10-6-4-3-5-7-10;1-9(2)11(13)12(14)15-8-10-6-4-3-5-7-10;;;;2-1-3;;/h2-10,16-18,23,28H,1,11-15H2,(H,29,32)(H,31,33);4-12,14,18-19H,13H2,1-3H3;4-13,15,19H,14H2,1-3H3;2*3-7,9,11,13,15H,8H2,1-2H3;3-7,9,11H,8,13H2,1-2H3;1H3;2*1H;1-3H;;1H/q;;;;;;-1;;;;;/t16-,17-,23+,27-;18-,19?,21?;19-;3*11-;;;;;;/m100000....../s1. The van der Waals surface area contributed by atoms with Crippen LogP contribution in [-0.2, 0) is 130 Å². The summed E-state index contributed by atoms with van der Waals surface area (Å²) in [6, 6.07) is 75.5. The van der Waals surface area contributed by atoms with E-state index in [2.05, 4.69) is 44.2 Å². The van der Waals surface area contributed by atoms with Gasteiger partial charge in [-0.25, -0.2) is 13.2 Å². The van der Waals surface area contributed by atoms with Crippen LogP contribution in [0.2, 0.25) is 0 Å². The van der Waals surface area contributed by atoms with Crippen LogP contribution in [0, 0.1) is 42.9 Å². The van der Waals surface area contributed by atoms with Crippen molar-refractivity contribution in [3.63, 3.8) is 0 Å². The number of hydrogen-bond donors (Lipinski definition) is 11. The van der Waals surface area contributed by atoms with Crippen LogP contribution in [0.5, 0.6) is 11.5 Å². The molecule has 0 radical (unpaired) electrons. The number of nitrogens with zero attached hydrogens (tertiary/aromatic N) is 3. The number of hydrogen-bond acceptors (Lipinski definition) is 30. The molecule has 2 unspecified atom stereocenters. The number of amides is 2. The van der Waals surface area contributed by atoms with Gasteiger partial charge in [0.1, 0.15) is 92.1 Å². The summed E-state index contributed by atoms with van der Waals surface area (Å²) < 4.78 is 63.2. The van der Waals surface area contributed by atoms with Crippen LogP contribution in [0.3, 0.4) is 0 Å². The molecule has 0 bridgehead atoms. The van der Waals surface area contributed by atoms with E-state index in [1.54, 1.807) is 31.6 Å². The SMILES string of the molecule is C=C[C@@H]1C[C@]1(NC(=O)[C@@H]1C[C@@H](ON=C2c3ccccc3-c3ccccc32)CN1)C(=O)NS(=O)(=O)C1CC1.CC(C)[C@H](N)C(=O)OCc1ccccc1.CC(C)[C@H](NO)C(=O)OCc1ccccc1.CC(C)[C@H](NO)C(=O)OCc1ccccc1.COc1ccc(C2ON2[C@H](C(=O)OCc2ccccc2)C(C)C)cc1.COc1ccc(C=N[C@H](C(=O)OCc2ccccc2)C(C)C)cc1.Cl.Cl.ONO.[CH3-].[HH].[Pd]. The maximum Gasteiger partial charge on any atom is 0.331 e. The van der Waals surface area contributed by atoms with E-state index in [1.807, 2.05) is 317 Å². The van der Waals surface area contributed by atoms with Gasteiger partial charge in [0.25, 0.3) is 5.91 Å². The van der Waals surface area contributed by atoms with Gasteiger partial charge in [-0.05, 0) is 135 Å². The van der Waals surface area contributed by atoms with Crippen molar-refractivity contribution in [2.24, 2.45) is 51.4 Å². The van der Waals surface area contributed by atoms with Crippen LogP contribution in [0.25, 0.3) is 11.1 Å². The van der Waals surface area contributed by atoms with E-state index in [0.29, 0.717) is 38.8 Å². The van der Waals surface area contributed by atoms with Crippen molar-refractivity contribution in [2.75, 3.05) is 20.8 Å². The second-order valence-electron chi connectivity index (χ2n) is 34.2. The number of carbonyl (C=O) groups is 7. The smallest absolute Gasteiger partial charge is 0.331 e. The first kappa shape index (κ1) is 121. The van der Waals surface area contributed by atoms with Crippen molar-refractivity contribution in [3.8, 4) is 22.6 Å². The largest absolute Gasteiger partial charge is 0.497 e. The summed E-state index contributed by atoms with van der Waals surface area (Å²) >= 11 is 0. The number of nitrogens with one attached hydrogen (secondary N) is 6. The monoisotopic (exact) mass is 2080 g/mol. The van der Waals surface area contributed by atoms with Gasteiger partial charge in [-0.2, -0.15) is 11.0 Å². The number of methoxy groups -OCH3 is 2. The number of sulfonamides is 1. The second-order valence-corrected chi connectivity index (χ2v) is 36.2. The van der Waals surface area contributed by atoms with Crippen LogP contribution < -0.4 is 47.2 Å². The summed E-state index contributed by atoms with van der Waals surface area (Å²) in [5.41, 5.74) is 20.7. The summed E-state index contributed by atoms with van der Waals surface area (Å²) in [4.78, 5) is 101. The minimum Gasteiger partial charge on any atom is -0.497 e. The van der Waals surface area contributed by atoms with E-state index in [9.17, 15) is 42.0 Å². The number of carbonyl (C=O) groups excluding carboxylic acids is 7. The van der Waals surface area contributed by atoms with E-state index < -0.39 is 74.9 Å². The molecule has 11 atom stereocenters. The van der Waals surface area contributed by atoms with Gasteiger partial charge >= 0.3 is 29.8 Å². The Kier molecular flexibility index (Phi) is 53.4. The number of ether oxygens (including phenoxy) is 7. The number of hydroxylamine groups is 4. The van der Waals surface area contributed by atoms with Gasteiger partial charge in [-0.15, -0.1) is 36.5 Å². The molecule has 2 aliphatic heterocycles. The Morgan fingerprint density at radius 2 is 0.907 bits per heavy atom. The molecule has 2 heterocycles. The van der Waals surface area contributed by atoms with Gasteiger partial charge in [0, 0.05) is 58.1 Å². The van der Waals surface area contributed by atoms with Crippen molar-refractivity contribution in [2.45, 2.75) is 187 Å². The number of benzene rings is 9. The number of aliphatic imine (C=N–C) groups is 1. The molecule has 9 aromatic rings. The maximum atomic E-state index is 13.1. The van der Waals surface area contributed by atoms with E-state index >= 15 is 0 Å². The molecule has 2 saturated carbocycles. The Morgan fingerprint density at radius 3 is 1.26 bits per heavy atom. The number of rotatable bonds is 36. The summed E-state index contributed by atoms with van der Waals surface area (Å²) in [5, 5.41) is 43.0. The minimum absolute atomic E-state index is 0. The van der Waals surface area contributed by atoms with Gasteiger partial charge < -0.3 is 72.2 Å². The molecule has 12 N–H and O–H groups in total. The third kappa shape index (κ3) is 38.2. The number of oxime groups is 1. The van der Waals surface area contributed by atoms with Gasteiger partial charge in [0.2, 0.25) is 15.9 Å². The van der Waals surface area contributed by atoms with Crippen LogP contribution in [0.4, 0.5) is 0 Å².